The maximum Gasteiger partial charge on any atom is 0.136 e. The van der Waals surface area contributed by atoms with Crippen LogP contribution in [0.1, 0.15) is 26.6 Å². The Morgan fingerprint density at radius 1 is 1.40 bits per heavy atom. The topological polar surface area (TPSA) is 46.0 Å². The smallest absolute Gasteiger partial charge is 0.136 e. The van der Waals surface area contributed by atoms with Crippen LogP contribution in [0.2, 0.25) is 5.15 Å². The summed E-state index contributed by atoms with van der Waals surface area (Å²) in [6.07, 6.45) is 0. The molecule has 0 saturated carbocycles. The van der Waals surface area contributed by atoms with Gasteiger partial charge in [0, 0.05) is 17.2 Å². The van der Waals surface area contributed by atoms with Crippen LogP contribution < -0.4 is 0 Å². The Balaban J connectivity index is 2.95. The molecule has 0 spiro atoms. The second kappa shape index (κ2) is 5.14. The maximum absolute atomic E-state index is 8.73. The van der Waals surface area contributed by atoms with Gasteiger partial charge >= 0.3 is 0 Å². The quantitative estimate of drug-likeness (QED) is 0.658. The van der Waals surface area contributed by atoms with Gasteiger partial charge in [0.15, 0.2) is 0 Å². The highest BCUT2D eigenvalue weighted by Gasteiger charge is 2.18. The molecule has 3 nitrogen and oxygen atoms in total. The zero-order valence-electron chi connectivity index (χ0n) is 9.12. The standard InChI is InChI=1S/C10H15ClN2OS/c1-10(2,3)9-12-7(11)6-8(13-9)15-5-4-14/h6,14H,4-5H2,1-3H3. The normalized spacial score (nSPS) is 11.8. The predicted octanol–water partition coefficient (Wildman–Crippen LogP) is 2.51. The van der Waals surface area contributed by atoms with Crippen LogP contribution in [0.15, 0.2) is 11.1 Å². The van der Waals surface area contributed by atoms with Crippen LogP contribution >= 0.6 is 23.4 Å². The Morgan fingerprint density at radius 3 is 2.60 bits per heavy atom. The number of thioether (sulfide) groups is 1. The van der Waals surface area contributed by atoms with Crippen molar-refractivity contribution in [3.8, 4) is 0 Å². The van der Waals surface area contributed by atoms with E-state index in [1.165, 1.54) is 11.8 Å². The van der Waals surface area contributed by atoms with Crippen LogP contribution in [0, 0.1) is 0 Å². The SMILES string of the molecule is CC(C)(C)c1nc(Cl)cc(SCCO)n1. The van der Waals surface area contributed by atoms with Crippen molar-refractivity contribution in [2.24, 2.45) is 0 Å². The Labute approximate surface area is 99.3 Å². The highest BCUT2D eigenvalue weighted by molar-refractivity contribution is 7.99. The molecule has 0 radical (unpaired) electrons. The Kier molecular flexibility index (Phi) is 4.37. The molecule has 1 aromatic rings. The summed E-state index contributed by atoms with van der Waals surface area (Å²) in [5.41, 5.74) is -0.112. The molecule has 0 aliphatic rings. The van der Waals surface area contributed by atoms with E-state index < -0.39 is 0 Å². The molecular formula is C10H15ClN2OS. The third-order valence-corrected chi connectivity index (χ3v) is 2.77. The van der Waals surface area contributed by atoms with Crippen molar-refractivity contribution in [2.45, 2.75) is 31.2 Å². The highest BCUT2D eigenvalue weighted by atomic mass is 35.5. The van der Waals surface area contributed by atoms with Crippen molar-refractivity contribution in [3.05, 3.63) is 17.0 Å². The monoisotopic (exact) mass is 246 g/mol. The molecule has 0 fully saturated rings. The Bertz CT molecular complexity index is 339. The molecule has 0 unspecified atom stereocenters. The van der Waals surface area contributed by atoms with Crippen molar-refractivity contribution in [1.82, 2.24) is 9.97 Å². The molecule has 15 heavy (non-hydrogen) atoms. The predicted molar refractivity (Wildman–Crippen MR) is 63.6 cm³/mol. The van der Waals surface area contributed by atoms with Crippen LogP contribution in [0.25, 0.3) is 0 Å². The van der Waals surface area contributed by atoms with Crippen LogP contribution in [0.3, 0.4) is 0 Å². The van der Waals surface area contributed by atoms with E-state index in [2.05, 4.69) is 9.97 Å². The van der Waals surface area contributed by atoms with E-state index in [9.17, 15) is 0 Å². The van der Waals surface area contributed by atoms with E-state index in [0.717, 1.165) is 10.9 Å². The van der Waals surface area contributed by atoms with Gasteiger partial charge in [0.1, 0.15) is 16.0 Å². The number of hydrogen-bond acceptors (Lipinski definition) is 4. The molecule has 1 aromatic heterocycles. The molecule has 0 amide bonds. The van der Waals surface area contributed by atoms with Crippen LogP contribution in [0.4, 0.5) is 0 Å². The second-order valence-electron chi connectivity index (χ2n) is 4.17. The summed E-state index contributed by atoms with van der Waals surface area (Å²) in [4.78, 5) is 8.59. The lowest BCUT2D eigenvalue weighted by molar-refractivity contribution is 0.322. The van der Waals surface area contributed by atoms with Crippen LogP contribution in [0.5, 0.6) is 0 Å². The molecule has 1 rings (SSSR count). The van der Waals surface area contributed by atoms with E-state index in [0.29, 0.717) is 10.9 Å². The first kappa shape index (κ1) is 12.7. The third-order valence-electron chi connectivity index (χ3n) is 1.68. The lowest BCUT2D eigenvalue weighted by atomic mass is 9.96. The number of nitrogens with zero attached hydrogens (tertiary/aromatic N) is 2. The molecule has 0 saturated heterocycles. The Hall–Kier alpha value is -0.320. The Morgan fingerprint density at radius 2 is 2.07 bits per heavy atom. The fraction of sp³-hybridized carbons (Fsp3) is 0.600. The average molecular weight is 247 g/mol. The molecule has 1 heterocycles. The first-order chi connectivity index (χ1) is 6.93. The van der Waals surface area contributed by atoms with Gasteiger partial charge in [0.2, 0.25) is 0 Å². The minimum absolute atomic E-state index is 0.112. The zero-order valence-corrected chi connectivity index (χ0v) is 10.7. The number of halogens is 1. The van der Waals surface area contributed by atoms with Gasteiger partial charge in [-0.2, -0.15) is 0 Å². The minimum Gasteiger partial charge on any atom is -0.396 e. The lowest BCUT2D eigenvalue weighted by Crippen LogP contribution is -2.16. The number of hydrogen-bond donors (Lipinski definition) is 1. The lowest BCUT2D eigenvalue weighted by Gasteiger charge is -2.17. The van der Waals surface area contributed by atoms with E-state index in [1.807, 2.05) is 20.8 Å². The highest BCUT2D eigenvalue weighted by Crippen LogP contribution is 2.24. The van der Waals surface area contributed by atoms with Crippen molar-refractivity contribution in [3.63, 3.8) is 0 Å². The van der Waals surface area contributed by atoms with Gasteiger partial charge in [0.05, 0.1) is 6.61 Å². The number of aliphatic hydroxyl groups is 1. The summed E-state index contributed by atoms with van der Waals surface area (Å²) in [5, 5.41) is 10.00. The van der Waals surface area contributed by atoms with Gasteiger partial charge in [-0.15, -0.1) is 11.8 Å². The molecular weight excluding hydrogens is 232 g/mol. The number of rotatable bonds is 3. The summed E-state index contributed by atoms with van der Waals surface area (Å²) in [5.74, 6) is 1.35. The molecule has 0 aromatic carbocycles. The molecule has 0 bridgehead atoms. The van der Waals surface area contributed by atoms with Crippen molar-refractivity contribution >= 4 is 23.4 Å². The van der Waals surface area contributed by atoms with Gasteiger partial charge < -0.3 is 5.11 Å². The first-order valence-corrected chi connectivity index (χ1v) is 6.08. The number of aromatic nitrogens is 2. The molecule has 0 aliphatic heterocycles. The average Bonchev–Trinajstić information content (AvgIpc) is 2.12. The maximum atomic E-state index is 8.73. The second-order valence-corrected chi connectivity index (χ2v) is 5.68. The molecule has 0 aliphatic carbocycles. The molecule has 0 atom stereocenters. The summed E-state index contributed by atoms with van der Waals surface area (Å²) in [6.45, 7) is 6.26. The van der Waals surface area contributed by atoms with E-state index in [1.54, 1.807) is 6.07 Å². The fourth-order valence-electron chi connectivity index (χ4n) is 0.957. The van der Waals surface area contributed by atoms with Gasteiger partial charge in [-0.1, -0.05) is 32.4 Å². The first-order valence-electron chi connectivity index (χ1n) is 4.72. The van der Waals surface area contributed by atoms with Crippen molar-refractivity contribution in [1.29, 1.82) is 0 Å². The number of aliphatic hydroxyl groups excluding tert-OH is 1. The summed E-state index contributed by atoms with van der Waals surface area (Å²) >= 11 is 7.39. The summed E-state index contributed by atoms with van der Waals surface area (Å²) in [7, 11) is 0. The zero-order chi connectivity index (χ0) is 11.5. The van der Waals surface area contributed by atoms with Gasteiger partial charge in [-0.05, 0) is 0 Å². The minimum atomic E-state index is -0.112. The molecule has 5 heteroatoms. The fourth-order valence-corrected chi connectivity index (χ4v) is 1.85. The van der Waals surface area contributed by atoms with Crippen molar-refractivity contribution in [2.75, 3.05) is 12.4 Å². The van der Waals surface area contributed by atoms with E-state index in [4.69, 9.17) is 16.7 Å². The van der Waals surface area contributed by atoms with Crippen molar-refractivity contribution < 1.29 is 5.11 Å². The van der Waals surface area contributed by atoms with Gasteiger partial charge in [-0.25, -0.2) is 9.97 Å². The summed E-state index contributed by atoms with van der Waals surface area (Å²) < 4.78 is 0. The molecule has 84 valence electrons. The van der Waals surface area contributed by atoms with Crippen LogP contribution in [-0.4, -0.2) is 27.4 Å². The largest absolute Gasteiger partial charge is 0.396 e. The van der Waals surface area contributed by atoms with Gasteiger partial charge in [0.25, 0.3) is 0 Å². The van der Waals surface area contributed by atoms with E-state index >= 15 is 0 Å². The molecule has 1 N–H and O–H groups in total. The van der Waals surface area contributed by atoms with Crippen LogP contribution in [-0.2, 0) is 5.41 Å². The third kappa shape index (κ3) is 3.97. The summed E-state index contributed by atoms with van der Waals surface area (Å²) in [6, 6.07) is 1.72. The van der Waals surface area contributed by atoms with Gasteiger partial charge in [-0.3, -0.25) is 0 Å². The van der Waals surface area contributed by atoms with E-state index in [-0.39, 0.29) is 12.0 Å².